The van der Waals surface area contributed by atoms with Gasteiger partial charge in [-0.1, -0.05) is 13.8 Å². The number of nitrogens with zero attached hydrogens (tertiary/aromatic N) is 1. The second kappa shape index (κ2) is 7.06. The molecule has 0 aliphatic carbocycles. The van der Waals surface area contributed by atoms with Crippen molar-refractivity contribution in [1.82, 2.24) is 9.62 Å². The number of amides is 2. The Morgan fingerprint density at radius 3 is 2.31 bits per heavy atom. The van der Waals surface area contributed by atoms with Crippen LogP contribution in [-0.2, 0) is 14.8 Å². The van der Waals surface area contributed by atoms with Gasteiger partial charge in [-0.2, -0.15) is 0 Å². The Labute approximate surface area is 152 Å². The fourth-order valence-corrected chi connectivity index (χ4v) is 4.63. The van der Waals surface area contributed by atoms with E-state index in [4.69, 9.17) is 0 Å². The molecule has 2 N–H and O–H groups in total. The molecule has 1 unspecified atom stereocenters. The first-order valence-electron chi connectivity index (χ1n) is 8.23. The van der Waals surface area contributed by atoms with Crippen LogP contribution in [0.2, 0.25) is 0 Å². The molecule has 26 heavy (non-hydrogen) atoms. The molecule has 142 valence electrons. The number of benzene rings is 1. The van der Waals surface area contributed by atoms with Crippen LogP contribution in [0.15, 0.2) is 23.1 Å². The molecule has 0 bridgehead atoms. The molecule has 9 heteroatoms. The Morgan fingerprint density at radius 2 is 1.81 bits per heavy atom. The van der Waals surface area contributed by atoms with Crippen LogP contribution in [0.5, 0.6) is 0 Å². The minimum Gasteiger partial charge on any atom is -0.480 e. The Hall–Kier alpha value is -2.42. The quantitative estimate of drug-likeness (QED) is 0.768. The van der Waals surface area contributed by atoms with Crippen molar-refractivity contribution in [3.8, 4) is 0 Å². The van der Waals surface area contributed by atoms with Crippen LogP contribution in [0.4, 0.5) is 0 Å². The molecule has 0 saturated carbocycles. The molecule has 0 aromatic heterocycles. The third-order valence-corrected chi connectivity index (χ3v) is 5.99. The molecule has 1 aromatic rings. The normalized spacial score (nSPS) is 16.7. The van der Waals surface area contributed by atoms with Gasteiger partial charge in [0.1, 0.15) is 10.9 Å². The number of carbonyl (C=O) groups is 3. The number of carbonyl (C=O) groups excluding carboxylic acids is 2. The van der Waals surface area contributed by atoms with E-state index in [1.165, 1.54) is 12.1 Å². The average molecular weight is 382 g/mol. The van der Waals surface area contributed by atoms with Gasteiger partial charge < -0.3 is 10.4 Å². The lowest BCUT2D eigenvalue weighted by Gasteiger charge is -2.19. The summed E-state index contributed by atoms with van der Waals surface area (Å²) in [6.07, 6.45) is 0.240. The number of fused-ring (bicyclic) bond motifs is 1. The third kappa shape index (κ3) is 3.57. The zero-order valence-corrected chi connectivity index (χ0v) is 15.8. The van der Waals surface area contributed by atoms with E-state index in [0.29, 0.717) is 0 Å². The molecule has 0 saturated heterocycles. The van der Waals surface area contributed by atoms with E-state index in [-0.39, 0.29) is 28.4 Å². The van der Waals surface area contributed by atoms with Crippen LogP contribution >= 0.6 is 0 Å². The standard InChI is InChI=1S/C17H22N2O6S/c1-9(2)7-13(17(22)23)18-15(20)11-5-6-12-14(8-11)26(24,25)19(10(3)4)16(12)21/h5-6,8-10,13H,7H2,1-4H3,(H,18,20)(H,22,23). The van der Waals surface area contributed by atoms with E-state index >= 15 is 0 Å². The molecule has 0 spiro atoms. The van der Waals surface area contributed by atoms with Crippen LogP contribution in [0.1, 0.15) is 54.8 Å². The summed E-state index contributed by atoms with van der Waals surface area (Å²) >= 11 is 0. The molecular formula is C17H22N2O6S. The minimum atomic E-state index is -4.03. The first kappa shape index (κ1) is 19.9. The lowest BCUT2D eigenvalue weighted by atomic mass is 10.0. The lowest BCUT2D eigenvalue weighted by molar-refractivity contribution is -0.139. The Balaban J connectivity index is 2.36. The topological polar surface area (TPSA) is 121 Å². The molecule has 2 rings (SSSR count). The summed E-state index contributed by atoms with van der Waals surface area (Å²) in [6.45, 7) is 6.82. The van der Waals surface area contributed by atoms with Gasteiger partial charge in [-0.3, -0.25) is 9.59 Å². The second-order valence-electron chi connectivity index (χ2n) is 6.90. The van der Waals surface area contributed by atoms with Crippen molar-refractivity contribution < 1.29 is 27.9 Å². The van der Waals surface area contributed by atoms with Crippen LogP contribution < -0.4 is 5.32 Å². The van der Waals surface area contributed by atoms with Gasteiger partial charge in [0.25, 0.3) is 21.8 Å². The van der Waals surface area contributed by atoms with Gasteiger partial charge in [-0.25, -0.2) is 17.5 Å². The largest absolute Gasteiger partial charge is 0.480 e. The molecule has 1 aliphatic rings. The van der Waals surface area contributed by atoms with E-state index in [0.717, 1.165) is 10.4 Å². The molecule has 1 heterocycles. The van der Waals surface area contributed by atoms with Crippen molar-refractivity contribution in [1.29, 1.82) is 0 Å². The van der Waals surface area contributed by atoms with Crippen molar-refractivity contribution in [3.63, 3.8) is 0 Å². The zero-order chi connectivity index (χ0) is 19.8. The summed E-state index contributed by atoms with van der Waals surface area (Å²) in [5.74, 6) is -2.45. The maximum atomic E-state index is 12.6. The molecule has 1 atom stereocenters. The van der Waals surface area contributed by atoms with Crippen molar-refractivity contribution in [2.24, 2.45) is 5.92 Å². The van der Waals surface area contributed by atoms with E-state index in [1.54, 1.807) is 13.8 Å². The van der Waals surface area contributed by atoms with Gasteiger partial charge in [-0.05, 0) is 44.4 Å². The number of rotatable bonds is 6. The fraction of sp³-hybridized carbons (Fsp3) is 0.471. The summed E-state index contributed by atoms with van der Waals surface area (Å²) in [4.78, 5) is 35.7. The monoisotopic (exact) mass is 382 g/mol. The lowest BCUT2D eigenvalue weighted by Crippen LogP contribution is -2.41. The summed E-state index contributed by atoms with van der Waals surface area (Å²) in [7, 11) is -4.03. The molecule has 8 nitrogen and oxygen atoms in total. The van der Waals surface area contributed by atoms with Crippen LogP contribution in [0.3, 0.4) is 0 Å². The highest BCUT2D eigenvalue weighted by Crippen LogP contribution is 2.32. The van der Waals surface area contributed by atoms with E-state index in [9.17, 15) is 27.9 Å². The van der Waals surface area contributed by atoms with E-state index in [1.807, 2.05) is 13.8 Å². The smallest absolute Gasteiger partial charge is 0.326 e. The first-order chi connectivity index (χ1) is 12.0. The molecular weight excluding hydrogens is 360 g/mol. The Bertz CT molecular complexity index is 860. The predicted octanol–water partition coefficient (Wildman–Crippen LogP) is 1.47. The highest BCUT2D eigenvalue weighted by atomic mass is 32.2. The Kier molecular flexibility index (Phi) is 5.41. The molecule has 0 fully saturated rings. The van der Waals surface area contributed by atoms with E-state index in [2.05, 4.69) is 5.32 Å². The number of carboxylic acids is 1. The zero-order valence-electron chi connectivity index (χ0n) is 15.0. The summed E-state index contributed by atoms with van der Waals surface area (Å²) in [5, 5.41) is 11.6. The van der Waals surface area contributed by atoms with Crippen molar-refractivity contribution in [3.05, 3.63) is 29.3 Å². The van der Waals surface area contributed by atoms with Crippen LogP contribution in [-0.4, -0.2) is 47.7 Å². The second-order valence-corrected chi connectivity index (χ2v) is 8.69. The maximum absolute atomic E-state index is 12.6. The number of aliphatic carboxylic acids is 1. The van der Waals surface area contributed by atoms with E-state index < -0.39 is 39.9 Å². The van der Waals surface area contributed by atoms with Gasteiger partial charge in [0.2, 0.25) is 0 Å². The molecule has 1 aliphatic heterocycles. The summed E-state index contributed by atoms with van der Waals surface area (Å²) in [6, 6.07) is 2.08. The summed E-state index contributed by atoms with van der Waals surface area (Å²) < 4.78 is 25.9. The number of carboxylic acid groups (broad SMARTS) is 1. The van der Waals surface area contributed by atoms with Gasteiger partial charge in [0.15, 0.2) is 0 Å². The minimum absolute atomic E-state index is 0.00668. The van der Waals surface area contributed by atoms with Crippen LogP contribution in [0, 0.1) is 5.92 Å². The first-order valence-corrected chi connectivity index (χ1v) is 9.67. The maximum Gasteiger partial charge on any atom is 0.326 e. The van der Waals surface area contributed by atoms with Gasteiger partial charge >= 0.3 is 5.97 Å². The van der Waals surface area contributed by atoms with Gasteiger partial charge in [0.05, 0.1) is 5.56 Å². The SMILES string of the molecule is CC(C)CC(NC(=O)c1ccc2c(c1)S(=O)(=O)N(C(C)C)C2=O)C(=O)O. The number of hydrogen-bond donors (Lipinski definition) is 2. The molecule has 1 aromatic carbocycles. The average Bonchev–Trinajstić information content (AvgIpc) is 2.72. The number of sulfonamides is 1. The molecule has 0 radical (unpaired) electrons. The fourth-order valence-electron chi connectivity index (χ4n) is 2.83. The van der Waals surface area contributed by atoms with Gasteiger partial charge in [-0.15, -0.1) is 0 Å². The number of nitrogens with one attached hydrogen (secondary N) is 1. The van der Waals surface area contributed by atoms with Crippen molar-refractivity contribution >= 4 is 27.8 Å². The highest BCUT2D eigenvalue weighted by molar-refractivity contribution is 7.90. The van der Waals surface area contributed by atoms with Gasteiger partial charge in [0, 0.05) is 11.6 Å². The number of hydrogen-bond acceptors (Lipinski definition) is 5. The van der Waals surface area contributed by atoms with Crippen molar-refractivity contribution in [2.75, 3.05) is 0 Å². The predicted molar refractivity (Wildman–Crippen MR) is 93.3 cm³/mol. The summed E-state index contributed by atoms with van der Waals surface area (Å²) in [5.41, 5.74) is -0.00653. The van der Waals surface area contributed by atoms with Crippen LogP contribution in [0.25, 0.3) is 0 Å². The Morgan fingerprint density at radius 1 is 1.19 bits per heavy atom. The third-order valence-electron chi connectivity index (χ3n) is 3.99. The molecule has 2 amide bonds. The highest BCUT2D eigenvalue weighted by Gasteiger charge is 2.43. The van der Waals surface area contributed by atoms with Crippen molar-refractivity contribution in [2.45, 2.75) is 51.1 Å².